The third-order valence-corrected chi connectivity index (χ3v) is 5.56. The Labute approximate surface area is 121 Å². The van der Waals surface area contributed by atoms with E-state index in [9.17, 15) is 0 Å². The number of nitrogens with zero attached hydrogens (tertiary/aromatic N) is 2. The van der Waals surface area contributed by atoms with Gasteiger partial charge in [0.25, 0.3) is 0 Å². The second kappa shape index (κ2) is 7.34. The lowest BCUT2D eigenvalue weighted by molar-refractivity contribution is 0.419. The van der Waals surface area contributed by atoms with Crippen LogP contribution in [0, 0.1) is 0 Å². The van der Waals surface area contributed by atoms with Gasteiger partial charge in [-0.2, -0.15) is 0 Å². The third kappa shape index (κ3) is 3.76. The number of aryl methyl sites for hydroxylation is 1. The predicted octanol–water partition coefficient (Wildman–Crippen LogP) is 3.69. The molecule has 2 rings (SSSR count). The first-order valence-corrected chi connectivity index (χ1v) is 8.66. The first kappa shape index (κ1) is 14.9. The average Bonchev–Trinajstić information content (AvgIpc) is 3.08. The fraction of sp³-hybridized carbons (Fsp3) is 0.867. The molecule has 1 heterocycles. The normalized spacial score (nSPS) is 18.0. The van der Waals surface area contributed by atoms with Gasteiger partial charge in [-0.1, -0.05) is 26.7 Å². The highest BCUT2D eigenvalue weighted by Gasteiger charge is 2.36. The molecule has 4 heteroatoms. The fourth-order valence-corrected chi connectivity index (χ4v) is 4.20. The van der Waals surface area contributed by atoms with Gasteiger partial charge in [0.15, 0.2) is 0 Å². The van der Waals surface area contributed by atoms with Crippen LogP contribution >= 0.6 is 11.3 Å². The molecule has 1 N–H and O–H groups in total. The van der Waals surface area contributed by atoms with Crippen molar-refractivity contribution in [3.05, 3.63) is 10.0 Å². The van der Waals surface area contributed by atoms with Gasteiger partial charge in [-0.25, -0.2) is 0 Å². The lowest BCUT2D eigenvalue weighted by atomic mass is 9.84. The van der Waals surface area contributed by atoms with Crippen LogP contribution in [-0.4, -0.2) is 23.3 Å². The summed E-state index contributed by atoms with van der Waals surface area (Å²) in [5.74, 6) is 0. The van der Waals surface area contributed by atoms with Gasteiger partial charge >= 0.3 is 0 Å². The molecule has 0 spiro atoms. The molecule has 0 aliphatic heterocycles. The Bertz CT molecular complexity index is 369. The zero-order valence-electron chi connectivity index (χ0n) is 12.4. The molecule has 1 aliphatic rings. The minimum Gasteiger partial charge on any atom is -0.317 e. The highest BCUT2D eigenvalue weighted by atomic mass is 32.1. The lowest BCUT2D eigenvalue weighted by Crippen LogP contribution is -2.20. The summed E-state index contributed by atoms with van der Waals surface area (Å²) in [6.07, 6.45) is 10.0. The van der Waals surface area contributed by atoms with Crippen LogP contribution in [0.3, 0.4) is 0 Å². The minimum atomic E-state index is 0.371. The molecule has 0 atom stereocenters. The van der Waals surface area contributed by atoms with Crippen LogP contribution in [0.25, 0.3) is 0 Å². The highest BCUT2D eigenvalue weighted by molar-refractivity contribution is 7.11. The molecule has 0 aromatic carbocycles. The molecule has 19 heavy (non-hydrogen) atoms. The molecule has 3 nitrogen and oxygen atoms in total. The number of rotatable bonds is 8. The van der Waals surface area contributed by atoms with Crippen molar-refractivity contribution < 1.29 is 0 Å². The van der Waals surface area contributed by atoms with E-state index in [0.29, 0.717) is 5.41 Å². The molecule has 0 saturated heterocycles. The van der Waals surface area contributed by atoms with Gasteiger partial charge in [-0.3, -0.25) is 0 Å². The molecule has 0 bridgehead atoms. The zero-order valence-corrected chi connectivity index (χ0v) is 13.2. The topological polar surface area (TPSA) is 37.8 Å². The van der Waals surface area contributed by atoms with Crippen molar-refractivity contribution in [3.8, 4) is 0 Å². The van der Waals surface area contributed by atoms with Crippen LogP contribution in [0.15, 0.2) is 0 Å². The van der Waals surface area contributed by atoms with E-state index in [1.807, 2.05) is 11.3 Å². The highest BCUT2D eigenvalue weighted by Crippen LogP contribution is 2.44. The Hall–Kier alpha value is -0.480. The second-order valence-electron chi connectivity index (χ2n) is 5.70. The number of hydrogen-bond acceptors (Lipinski definition) is 4. The van der Waals surface area contributed by atoms with E-state index in [-0.39, 0.29) is 0 Å². The van der Waals surface area contributed by atoms with E-state index < -0.39 is 0 Å². The lowest BCUT2D eigenvalue weighted by Gasteiger charge is -2.23. The first-order valence-electron chi connectivity index (χ1n) is 7.84. The number of nitrogens with one attached hydrogen (secondary N) is 1. The Balaban J connectivity index is 1.84. The summed E-state index contributed by atoms with van der Waals surface area (Å²) in [6.45, 7) is 6.73. The van der Waals surface area contributed by atoms with Gasteiger partial charge in [-0.05, 0) is 45.2 Å². The summed E-state index contributed by atoms with van der Waals surface area (Å²) in [5, 5.41) is 14.9. The van der Waals surface area contributed by atoms with Crippen molar-refractivity contribution in [1.82, 2.24) is 15.5 Å². The van der Waals surface area contributed by atoms with Crippen molar-refractivity contribution >= 4 is 11.3 Å². The van der Waals surface area contributed by atoms with Crippen molar-refractivity contribution in [2.75, 3.05) is 13.1 Å². The van der Waals surface area contributed by atoms with Crippen molar-refractivity contribution in [2.45, 2.75) is 70.6 Å². The molecular formula is C15H27N3S. The maximum absolute atomic E-state index is 4.50. The molecular weight excluding hydrogens is 254 g/mol. The molecule has 0 radical (unpaired) electrons. The van der Waals surface area contributed by atoms with Crippen LogP contribution in [0.4, 0.5) is 0 Å². The van der Waals surface area contributed by atoms with Gasteiger partial charge in [0.2, 0.25) is 0 Å². The van der Waals surface area contributed by atoms with Crippen molar-refractivity contribution in [2.24, 2.45) is 0 Å². The third-order valence-electron chi connectivity index (χ3n) is 4.33. The largest absolute Gasteiger partial charge is 0.317 e. The Morgan fingerprint density at radius 1 is 1.16 bits per heavy atom. The molecule has 1 aromatic rings. The molecule has 1 fully saturated rings. The minimum absolute atomic E-state index is 0.371. The van der Waals surface area contributed by atoms with E-state index >= 15 is 0 Å². The summed E-state index contributed by atoms with van der Waals surface area (Å²) in [6, 6.07) is 0. The molecule has 0 unspecified atom stereocenters. The SMILES string of the molecule is CCCNCCCc1nnc(C2(CC)CCCC2)s1. The monoisotopic (exact) mass is 281 g/mol. The summed E-state index contributed by atoms with van der Waals surface area (Å²) in [4.78, 5) is 0. The van der Waals surface area contributed by atoms with Crippen LogP contribution in [-0.2, 0) is 11.8 Å². The van der Waals surface area contributed by atoms with Gasteiger partial charge < -0.3 is 5.32 Å². The summed E-state index contributed by atoms with van der Waals surface area (Å²) in [7, 11) is 0. The van der Waals surface area contributed by atoms with Crippen molar-refractivity contribution in [3.63, 3.8) is 0 Å². The van der Waals surface area contributed by atoms with Gasteiger partial charge in [0, 0.05) is 11.8 Å². The van der Waals surface area contributed by atoms with Crippen LogP contribution in [0.5, 0.6) is 0 Å². The van der Waals surface area contributed by atoms with Crippen LogP contribution in [0.2, 0.25) is 0 Å². The zero-order chi connectivity index (χ0) is 13.6. The Kier molecular flexibility index (Phi) is 5.76. The maximum Gasteiger partial charge on any atom is 0.123 e. The predicted molar refractivity (Wildman–Crippen MR) is 81.8 cm³/mol. The molecule has 0 amide bonds. The maximum atomic E-state index is 4.50. The standard InChI is InChI=1S/C15H27N3S/c1-3-11-16-12-7-8-13-17-18-14(19-13)15(4-2)9-5-6-10-15/h16H,3-12H2,1-2H3. The Morgan fingerprint density at radius 3 is 2.63 bits per heavy atom. The smallest absolute Gasteiger partial charge is 0.123 e. The molecule has 108 valence electrons. The van der Waals surface area contributed by atoms with Crippen LogP contribution in [0.1, 0.15) is 68.8 Å². The Morgan fingerprint density at radius 2 is 1.95 bits per heavy atom. The molecule has 1 aliphatic carbocycles. The summed E-state index contributed by atoms with van der Waals surface area (Å²) in [5.41, 5.74) is 0.371. The van der Waals surface area contributed by atoms with Gasteiger partial charge in [-0.15, -0.1) is 21.5 Å². The summed E-state index contributed by atoms with van der Waals surface area (Å²) < 4.78 is 0. The van der Waals surface area contributed by atoms with E-state index in [0.717, 1.165) is 19.5 Å². The van der Waals surface area contributed by atoms with Crippen LogP contribution < -0.4 is 5.32 Å². The molecule has 1 saturated carbocycles. The first-order chi connectivity index (χ1) is 9.30. The van der Waals surface area contributed by atoms with Crippen molar-refractivity contribution in [1.29, 1.82) is 0 Å². The van der Waals surface area contributed by atoms with Gasteiger partial charge in [0.1, 0.15) is 10.0 Å². The average molecular weight is 281 g/mol. The summed E-state index contributed by atoms with van der Waals surface area (Å²) >= 11 is 1.87. The quantitative estimate of drug-likeness (QED) is 0.738. The van der Waals surface area contributed by atoms with Gasteiger partial charge in [0.05, 0.1) is 0 Å². The molecule has 1 aromatic heterocycles. The number of hydrogen-bond donors (Lipinski definition) is 1. The van der Waals surface area contributed by atoms with E-state index in [1.54, 1.807) is 0 Å². The number of aromatic nitrogens is 2. The second-order valence-corrected chi connectivity index (χ2v) is 6.76. The van der Waals surface area contributed by atoms with E-state index in [2.05, 4.69) is 29.4 Å². The van der Waals surface area contributed by atoms with E-state index in [1.165, 1.54) is 55.0 Å². The van der Waals surface area contributed by atoms with E-state index in [4.69, 9.17) is 0 Å². The fourth-order valence-electron chi connectivity index (χ4n) is 3.01.